The fourth-order valence-electron chi connectivity index (χ4n) is 1.14. The van der Waals surface area contributed by atoms with Gasteiger partial charge < -0.3 is 0 Å². The molecule has 0 fully saturated rings. The highest BCUT2D eigenvalue weighted by atomic mass is 19.1. The molecule has 0 aliphatic rings. The monoisotopic (exact) mass is 200 g/mol. The van der Waals surface area contributed by atoms with Crippen LogP contribution in [0.5, 0.6) is 0 Å². The fraction of sp³-hybridized carbons (Fsp3) is 0.222. The van der Waals surface area contributed by atoms with E-state index < -0.39 is 29.0 Å². The Morgan fingerprint density at radius 2 is 2.21 bits per heavy atom. The van der Waals surface area contributed by atoms with E-state index in [-0.39, 0.29) is 5.56 Å². The van der Waals surface area contributed by atoms with E-state index in [0.29, 0.717) is 0 Å². The molecule has 0 aliphatic carbocycles. The topological polar surface area (TPSA) is 43.1 Å². The Bertz CT molecular complexity index is 355. The third-order valence-electron chi connectivity index (χ3n) is 1.83. The summed E-state index contributed by atoms with van der Waals surface area (Å²) in [6.07, 6.45) is 0. The van der Waals surface area contributed by atoms with Crippen LogP contribution in [0, 0.1) is 22.9 Å². The summed E-state index contributed by atoms with van der Waals surface area (Å²) in [4.78, 5) is 9.62. The Morgan fingerprint density at radius 3 is 2.71 bits per heavy atom. The molecule has 0 spiro atoms. The molecule has 0 bridgehead atoms. The maximum absolute atomic E-state index is 13.0. The van der Waals surface area contributed by atoms with Crippen molar-refractivity contribution >= 4 is 5.69 Å². The molecule has 1 aromatic rings. The van der Waals surface area contributed by atoms with Gasteiger partial charge in [0.05, 0.1) is 11.6 Å². The molecule has 1 aromatic carbocycles. The Labute approximate surface area is 79.5 Å². The minimum Gasteiger partial charge on any atom is -0.258 e. The van der Waals surface area contributed by atoms with Gasteiger partial charge in [-0.3, -0.25) is 14.5 Å². The van der Waals surface area contributed by atoms with Crippen LogP contribution in [0.3, 0.4) is 0 Å². The quantitative estimate of drug-likeness (QED) is 0.556. The molecule has 14 heavy (non-hydrogen) atoms. The highest BCUT2D eigenvalue weighted by molar-refractivity contribution is 5.44. The average molecular weight is 200 g/mol. The highest BCUT2D eigenvalue weighted by Gasteiger charge is 2.23. The lowest BCUT2D eigenvalue weighted by Gasteiger charge is -2.07. The molecule has 75 valence electrons. The van der Waals surface area contributed by atoms with E-state index in [1.807, 2.05) is 0 Å². The molecule has 0 aliphatic heterocycles. The third kappa shape index (κ3) is 1.86. The molecule has 1 rings (SSSR count). The Hall–Kier alpha value is -1.52. The third-order valence-corrected chi connectivity index (χ3v) is 1.83. The standard InChI is InChI=1S/C9H8F2NO2/c1-6(5-10)7-3-2-4-8(11)9(7)12(13)14/h2-4,6H,1,5H2. The maximum Gasteiger partial charge on any atom is 0.308 e. The van der Waals surface area contributed by atoms with Crippen LogP contribution in [0.15, 0.2) is 18.2 Å². The Morgan fingerprint density at radius 1 is 1.57 bits per heavy atom. The lowest BCUT2D eigenvalue weighted by atomic mass is 10.0. The Balaban J connectivity index is 3.28. The molecule has 0 N–H and O–H groups in total. The van der Waals surface area contributed by atoms with Crippen LogP contribution in [0.2, 0.25) is 0 Å². The van der Waals surface area contributed by atoms with E-state index >= 15 is 0 Å². The first-order chi connectivity index (χ1) is 6.57. The van der Waals surface area contributed by atoms with Crippen molar-refractivity contribution in [3.05, 3.63) is 46.6 Å². The van der Waals surface area contributed by atoms with Crippen LogP contribution in [-0.4, -0.2) is 11.6 Å². The number of nitro benzene ring substituents is 1. The minimum atomic E-state index is -0.963. The molecule has 1 unspecified atom stereocenters. The van der Waals surface area contributed by atoms with Gasteiger partial charge in [0.1, 0.15) is 0 Å². The zero-order valence-electron chi connectivity index (χ0n) is 7.24. The first-order valence-electron chi connectivity index (χ1n) is 3.89. The summed E-state index contributed by atoms with van der Waals surface area (Å²) in [7, 11) is 0. The van der Waals surface area contributed by atoms with E-state index in [0.717, 1.165) is 6.07 Å². The van der Waals surface area contributed by atoms with Crippen LogP contribution < -0.4 is 0 Å². The summed E-state index contributed by atoms with van der Waals surface area (Å²) in [6, 6.07) is 3.57. The van der Waals surface area contributed by atoms with Gasteiger partial charge in [0.15, 0.2) is 0 Å². The van der Waals surface area contributed by atoms with Crippen LogP contribution in [-0.2, 0) is 0 Å². The van der Waals surface area contributed by atoms with E-state index in [4.69, 9.17) is 0 Å². The fourth-order valence-corrected chi connectivity index (χ4v) is 1.14. The van der Waals surface area contributed by atoms with Crippen molar-refractivity contribution in [3.63, 3.8) is 0 Å². The van der Waals surface area contributed by atoms with E-state index in [1.165, 1.54) is 12.1 Å². The summed E-state index contributed by atoms with van der Waals surface area (Å²) < 4.78 is 25.2. The molecule has 1 radical (unpaired) electrons. The van der Waals surface area contributed by atoms with E-state index in [2.05, 4.69) is 6.92 Å². The zero-order valence-corrected chi connectivity index (χ0v) is 7.24. The van der Waals surface area contributed by atoms with Crippen molar-refractivity contribution in [1.29, 1.82) is 0 Å². The molecule has 5 heteroatoms. The van der Waals surface area contributed by atoms with Crippen molar-refractivity contribution in [2.75, 3.05) is 6.67 Å². The number of halogens is 2. The SMILES string of the molecule is [CH2]C(CF)c1cccc(F)c1[N+](=O)[O-]. The summed E-state index contributed by atoms with van der Waals surface area (Å²) in [6.45, 7) is 2.51. The zero-order chi connectivity index (χ0) is 10.7. The number of hydrogen-bond donors (Lipinski definition) is 0. The maximum atomic E-state index is 13.0. The van der Waals surface area contributed by atoms with Crippen molar-refractivity contribution in [2.24, 2.45) is 0 Å². The normalized spacial score (nSPS) is 12.5. The summed E-state index contributed by atoms with van der Waals surface area (Å²) in [5.41, 5.74) is -0.706. The minimum absolute atomic E-state index is 0.0162. The van der Waals surface area contributed by atoms with Gasteiger partial charge in [-0.1, -0.05) is 12.1 Å². The molecule has 0 saturated carbocycles. The van der Waals surface area contributed by atoms with Gasteiger partial charge in [-0.15, -0.1) is 0 Å². The first-order valence-corrected chi connectivity index (χ1v) is 3.89. The van der Waals surface area contributed by atoms with Gasteiger partial charge in [-0.2, -0.15) is 4.39 Å². The molecule has 3 nitrogen and oxygen atoms in total. The predicted octanol–water partition coefficient (Wildman–Crippen LogP) is 2.62. The number of benzene rings is 1. The second-order valence-electron chi connectivity index (χ2n) is 2.79. The first kappa shape index (κ1) is 10.6. The lowest BCUT2D eigenvalue weighted by Crippen LogP contribution is -2.03. The predicted molar refractivity (Wildman–Crippen MR) is 47.1 cm³/mol. The number of alkyl halides is 1. The number of nitrogens with zero attached hydrogens (tertiary/aromatic N) is 1. The van der Waals surface area contributed by atoms with Crippen molar-refractivity contribution in [1.82, 2.24) is 0 Å². The van der Waals surface area contributed by atoms with Gasteiger partial charge in [0, 0.05) is 11.5 Å². The molecule has 1 atom stereocenters. The van der Waals surface area contributed by atoms with Crippen LogP contribution >= 0.6 is 0 Å². The highest BCUT2D eigenvalue weighted by Crippen LogP contribution is 2.28. The second-order valence-corrected chi connectivity index (χ2v) is 2.79. The van der Waals surface area contributed by atoms with Crippen molar-refractivity contribution in [2.45, 2.75) is 5.92 Å². The van der Waals surface area contributed by atoms with Crippen molar-refractivity contribution in [3.8, 4) is 0 Å². The number of rotatable bonds is 3. The van der Waals surface area contributed by atoms with Gasteiger partial charge in [0.2, 0.25) is 5.82 Å². The lowest BCUT2D eigenvalue weighted by molar-refractivity contribution is -0.388. The number of para-hydroxylation sites is 1. The Kier molecular flexibility index (Phi) is 3.11. The largest absolute Gasteiger partial charge is 0.308 e. The van der Waals surface area contributed by atoms with Crippen LogP contribution in [0.25, 0.3) is 0 Å². The molecule has 0 heterocycles. The number of hydrogen-bond acceptors (Lipinski definition) is 2. The molecule has 0 aromatic heterocycles. The molecular formula is C9H8F2NO2. The van der Waals surface area contributed by atoms with Gasteiger partial charge in [-0.05, 0) is 13.0 Å². The molecular weight excluding hydrogens is 192 g/mol. The summed E-state index contributed by atoms with van der Waals surface area (Å²) in [5, 5.41) is 10.5. The van der Waals surface area contributed by atoms with Crippen LogP contribution in [0.4, 0.5) is 14.5 Å². The van der Waals surface area contributed by atoms with Crippen molar-refractivity contribution < 1.29 is 13.7 Å². The summed E-state index contributed by atoms with van der Waals surface area (Å²) in [5.74, 6) is -1.87. The summed E-state index contributed by atoms with van der Waals surface area (Å²) >= 11 is 0. The molecule has 0 amide bonds. The van der Waals surface area contributed by atoms with E-state index in [1.54, 1.807) is 0 Å². The average Bonchev–Trinajstić information content (AvgIpc) is 2.15. The van der Waals surface area contributed by atoms with Gasteiger partial charge >= 0.3 is 5.69 Å². The van der Waals surface area contributed by atoms with Gasteiger partial charge in [-0.25, -0.2) is 0 Å². The van der Waals surface area contributed by atoms with Gasteiger partial charge in [0.25, 0.3) is 0 Å². The number of nitro groups is 1. The van der Waals surface area contributed by atoms with Crippen LogP contribution in [0.1, 0.15) is 11.5 Å². The second kappa shape index (κ2) is 4.13. The smallest absolute Gasteiger partial charge is 0.258 e. The molecule has 0 saturated heterocycles. The van der Waals surface area contributed by atoms with E-state index in [9.17, 15) is 18.9 Å².